The van der Waals surface area contributed by atoms with Crippen LogP contribution < -0.4 is 0 Å². The second-order valence-corrected chi connectivity index (χ2v) is 12.6. The lowest BCUT2D eigenvalue weighted by Gasteiger charge is -2.14. The highest BCUT2D eigenvalue weighted by Crippen LogP contribution is 2.46. The molecule has 2 heteroatoms. The maximum Gasteiger partial charge on any atom is 0.129 e. The molecule has 1 aliphatic carbocycles. The Hall–Kier alpha value is -2.60. The molecule has 1 atom stereocenters. The molecule has 0 aliphatic heterocycles. The summed E-state index contributed by atoms with van der Waals surface area (Å²) in [4.78, 5) is 0. The van der Waals surface area contributed by atoms with E-state index >= 15 is 0 Å². The molecule has 0 aromatic heterocycles. The molecule has 0 saturated heterocycles. The van der Waals surface area contributed by atoms with E-state index in [4.69, 9.17) is 0 Å². The first kappa shape index (κ1) is 16.8. The van der Waals surface area contributed by atoms with Crippen LogP contribution in [0.4, 0.5) is 0 Å². The van der Waals surface area contributed by atoms with Crippen molar-refractivity contribution >= 4 is 8.07 Å². The lowest BCUT2D eigenvalue weighted by molar-refractivity contribution is 0.225. The summed E-state index contributed by atoms with van der Waals surface area (Å²) in [5.41, 5.74) is 10.9. The number of hydrogen-bond donors (Lipinski definition) is 1. The molecule has 1 unspecified atom stereocenters. The van der Waals surface area contributed by atoms with Crippen LogP contribution in [0.2, 0.25) is 19.6 Å². The van der Waals surface area contributed by atoms with Crippen molar-refractivity contribution in [1.82, 2.24) is 0 Å². The van der Waals surface area contributed by atoms with Crippen LogP contribution in [0.25, 0.3) is 22.3 Å². The van der Waals surface area contributed by atoms with Crippen molar-refractivity contribution in [2.45, 2.75) is 25.7 Å². The van der Waals surface area contributed by atoms with E-state index in [-0.39, 0.29) is 0 Å². The topological polar surface area (TPSA) is 20.2 Å². The molecule has 26 heavy (non-hydrogen) atoms. The zero-order valence-corrected chi connectivity index (χ0v) is 16.4. The molecule has 4 rings (SSSR count). The molecular formula is C24H22OSi. The van der Waals surface area contributed by atoms with Crippen molar-refractivity contribution in [2.24, 2.45) is 0 Å². The third-order valence-corrected chi connectivity index (χ3v) is 5.59. The van der Waals surface area contributed by atoms with Gasteiger partial charge in [0.2, 0.25) is 0 Å². The molecule has 0 heterocycles. The molecule has 1 N–H and O–H groups in total. The van der Waals surface area contributed by atoms with Crippen LogP contribution in [0, 0.1) is 11.5 Å². The monoisotopic (exact) mass is 354 g/mol. The van der Waals surface area contributed by atoms with Gasteiger partial charge in [0.15, 0.2) is 0 Å². The van der Waals surface area contributed by atoms with Gasteiger partial charge in [-0.25, -0.2) is 0 Å². The Bertz CT molecular complexity index is 1030. The average molecular weight is 355 g/mol. The first-order chi connectivity index (χ1) is 12.5. The molecule has 0 radical (unpaired) electrons. The number of hydrogen-bond acceptors (Lipinski definition) is 1. The number of aliphatic hydroxyl groups is 1. The van der Waals surface area contributed by atoms with E-state index in [9.17, 15) is 5.11 Å². The van der Waals surface area contributed by atoms with Crippen molar-refractivity contribution in [3.8, 4) is 33.7 Å². The molecule has 128 valence electrons. The van der Waals surface area contributed by atoms with Crippen molar-refractivity contribution in [1.29, 1.82) is 0 Å². The fourth-order valence-electron chi connectivity index (χ4n) is 3.52. The number of rotatable bonds is 1. The second kappa shape index (κ2) is 6.28. The van der Waals surface area contributed by atoms with Crippen LogP contribution in [0.15, 0.2) is 66.7 Å². The Balaban J connectivity index is 2.01. The van der Waals surface area contributed by atoms with Gasteiger partial charge in [0, 0.05) is 11.1 Å². The van der Waals surface area contributed by atoms with Crippen molar-refractivity contribution in [3.63, 3.8) is 0 Å². The summed E-state index contributed by atoms with van der Waals surface area (Å²) >= 11 is 0. The van der Waals surface area contributed by atoms with E-state index in [0.29, 0.717) is 0 Å². The quantitative estimate of drug-likeness (QED) is 0.442. The molecule has 0 spiro atoms. The third kappa shape index (κ3) is 2.90. The maximum atomic E-state index is 11.1. The second-order valence-electron chi connectivity index (χ2n) is 7.81. The third-order valence-electron chi connectivity index (χ3n) is 4.71. The lowest BCUT2D eigenvalue weighted by atomic mass is 9.92. The van der Waals surface area contributed by atoms with Gasteiger partial charge in [-0.05, 0) is 27.8 Å². The van der Waals surface area contributed by atoms with Gasteiger partial charge in [-0.15, -0.1) is 5.54 Å². The molecule has 0 fully saturated rings. The minimum Gasteiger partial charge on any atom is -0.384 e. The Morgan fingerprint density at radius 3 is 2.15 bits per heavy atom. The largest absolute Gasteiger partial charge is 0.384 e. The minimum absolute atomic E-state index is 0.615. The van der Waals surface area contributed by atoms with E-state index in [0.717, 1.165) is 38.9 Å². The lowest BCUT2D eigenvalue weighted by Crippen LogP contribution is -2.16. The molecule has 3 aromatic carbocycles. The van der Waals surface area contributed by atoms with Gasteiger partial charge in [0.05, 0.1) is 0 Å². The first-order valence-electron chi connectivity index (χ1n) is 8.98. The van der Waals surface area contributed by atoms with E-state index in [1.165, 1.54) is 0 Å². The molecule has 0 bridgehead atoms. The number of aliphatic hydroxyl groups excluding tert-OH is 1. The van der Waals surface area contributed by atoms with Gasteiger partial charge in [-0.1, -0.05) is 92.3 Å². The fourth-order valence-corrected chi connectivity index (χ4v) is 4.02. The van der Waals surface area contributed by atoms with Crippen LogP contribution in [-0.4, -0.2) is 13.2 Å². The van der Waals surface area contributed by atoms with Gasteiger partial charge in [0.25, 0.3) is 0 Å². The zero-order chi connectivity index (χ0) is 18.3. The Labute approximate surface area is 156 Å². The Morgan fingerprint density at radius 2 is 1.42 bits per heavy atom. The van der Waals surface area contributed by atoms with Crippen LogP contribution in [0.3, 0.4) is 0 Å². The summed E-state index contributed by atoms with van der Waals surface area (Å²) in [6.07, 6.45) is -0.615. The fraction of sp³-hybridized carbons (Fsp3) is 0.167. The molecule has 1 nitrogen and oxygen atoms in total. The number of benzene rings is 3. The summed E-state index contributed by atoms with van der Waals surface area (Å²) in [5, 5.41) is 11.1. The molecular weight excluding hydrogens is 332 g/mol. The maximum absolute atomic E-state index is 11.1. The summed E-state index contributed by atoms with van der Waals surface area (Å²) < 4.78 is 0. The van der Waals surface area contributed by atoms with Gasteiger partial charge >= 0.3 is 0 Å². The van der Waals surface area contributed by atoms with Gasteiger partial charge < -0.3 is 5.11 Å². The summed E-state index contributed by atoms with van der Waals surface area (Å²) in [6, 6.07) is 22.7. The zero-order valence-electron chi connectivity index (χ0n) is 15.4. The van der Waals surface area contributed by atoms with Crippen LogP contribution in [-0.2, 0) is 0 Å². The van der Waals surface area contributed by atoms with E-state index in [1.807, 2.05) is 36.4 Å². The van der Waals surface area contributed by atoms with Gasteiger partial charge in [-0.3, -0.25) is 0 Å². The van der Waals surface area contributed by atoms with Crippen LogP contribution in [0.1, 0.15) is 22.8 Å². The van der Waals surface area contributed by atoms with Crippen LogP contribution in [0.5, 0.6) is 0 Å². The highest BCUT2D eigenvalue weighted by molar-refractivity contribution is 6.83. The highest BCUT2D eigenvalue weighted by atomic mass is 28.3. The Morgan fingerprint density at radius 1 is 0.769 bits per heavy atom. The number of fused-ring (bicyclic) bond motifs is 3. The highest BCUT2D eigenvalue weighted by Gasteiger charge is 2.30. The van der Waals surface area contributed by atoms with E-state index in [2.05, 4.69) is 61.4 Å². The van der Waals surface area contributed by atoms with E-state index in [1.54, 1.807) is 0 Å². The summed E-state index contributed by atoms with van der Waals surface area (Å²) in [6.45, 7) is 6.74. The van der Waals surface area contributed by atoms with Gasteiger partial charge in [-0.2, -0.15) is 0 Å². The van der Waals surface area contributed by atoms with Gasteiger partial charge in [0.1, 0.15) is 14.2 Å². The molecule has 1 aliphatic rings. The standard InChI is InChI=1S/C24H22OSi/c1-26(2,3)16-15-21-18(17-9-5-4-6-10-17)13-14-20-19-11-7-8-12-22(19)24(25)23(20)21/h4-14,24-25H,1-3H3. The summed E-state index contributed by atoms with van der Waals surface area (Å²) in [7, 11) is -1.54. The Kier molecular flexibility index (Phi) is 4.07. The van der Waals surface area contributed by atoms with E-state index < -0.39 is 14.2 Å². The minimum atomic E-state index is -1.54. The first-order valence-corrected chi connectivity index (χ1v) is 12.5. The predicted molar refractivity (Wildman–Crippen MR) is 112 cm³/mol. The smallest absolute Gasteiger partial charge is 0.129 e. The molecule has 0 amide bonds. The van der Waals surface area contributed by atoms with Crippen LogP contribution >= 0.6 is 0 Å². The SMILES string of the molecule is C[Si](C)(C)C#Cc1c(-c2ccccc2)ccc2c1C(O)c1ccccc1-2. The van der Waals surface area contributed by atoms with Crippen molar-refractivity contribution in [3.05, 3.63) is 83.4 Å². The molecule has 0 saturated carbocycles. The predicted octanol–water partition coefficient (Wildman–Crippen LogP) is 5.64. The normalized spacial score (nSPS) is 15.0. The van der Waals surface area contributed by atoms with Crippen molar-refractivity contribution < 1.29 is 5.11 Å². The van der Waals surface area contributed by atoms with Crippen molar-refractivity contribution in [2.75, 3.05) is 0 Å². The molecule has 3 aromatic rings. The average Bonchev–Trinajstić information content (AvgIpc) is 2.93. The summed E-state index contributed by atoms with van der Waals surface area (Å²) in [5.74, 6) is 3.47.